The van der Waals surface area contributed by atoms with Crippen LogP contribution in [0.5, 0.6) is 0 Å². The summed E-state index contributed by atoms with van der Waals surface area (Å²) >= 11 is 0. The molecule has 100 valence electrons. The normalized spacial score (nSPS) is 10.3. The first-order chi connectivity index (χ1) is 8.69. The minimum Gasteiger partial charge on any atom is -0.399 e. The van der Waals surface area contributed by atoms with Crippen molar-refractivity contribution in [2.75, 3.05) is 30.9 Å². The molecular formula is C14H22N2O2. The molecule has 0 heterocycles. The van der Waals surface area contributed by atoms with Crippen molar-refractivity contribution in [3.63, 3.8) is 0 Å². The van der Waals surface area contributed by atoms with Gasteiger partial charge in [0, 0.05) is 38.1 Å². The number of ether oxygens (including phenoxy) is 1. The summed E-state index contributed by atoms with van der Waals surface area (Å²) in [7, 11) is 1.65. The van der Waals surface area contributed by atoms with Crippen LogP contribution in [0.2, 0.25) is 0 Å². The van der Waals surface area contributed by atoms with Gasteiger partial charge in [0.25, 0.3) is 0 Å². The monoisotopic (exact) mass is 250 g/mol. The maximum atomic E-state index is 12.1. The maximum absolute atomic E-state index is 12.1. The Kier molecular flexibility index (Phi) is 6.22. The molecule has 0 bridgehead atoms. The van der Waals surface area contributed by atoms with Gasteiger partial charge in [0.15, 0.2) is 0 Å². The molecule has 4 nitrogen and oxygen atoms in total. The Balaban J connectivity index is 2.69. The van der Waals surface area contributed by atoms with E-state index in [1.165, 1.54) is 0 Å². The Hall–Kier alpha value is -1.55. The molecule has 0 fully saturated rings. The molecule has 0 spiro atoms. The summed E-state index contributed by atoms with van der Waals surface area (Å²) in [5.74, 6) is 0.138. The second-order valence-electron chi connectivity index (χ2n) is 4.23. The molecule has 0 radical (unpaired) electrons. The standard InChI is InChI=1S/C14H22N2O2/c1-3-10-16(14(17)5-4-11-18-2)13-8-6-12(15)7-9-13/h6-9H,3-5,10-11,15H2,1-2H3. The van der Waals surface area contributed by atoms with Crippen LogP contribution in [0, 0.1) is 0 Å². The molecule has 0 aliphatic heterocycles. The highest BCUT2D eigenvalue weighted by molar-refractivity contribution is 5.93. The lowest BCUT2D eigenvalue weighted by Crippen LogP contribution is -2.31. The zero-order chi connectivity index (χ0) is 13.4. The van der Waals surface area contributed by atoms with E-state index in [1.807, 2.05) is 29.2 Å². The van der Waals surface area contributed by atoms with Crippen LogP contribution in [-0.2, 0) is 9.53 Å². The number of benzene rings is 1. The molecule has 1 amide bonds. The van der Waals surface area contributed by atoms with Crippen molar-refractivity contribution < 1.29 is 9.53 Å². The van der Waals surface area contributed by atoms with Gasteiger partial charge in [0.1, 0.15) is 0 Å². The van der Waals surface area contributed by atoms with Crippen molar-refractivity contribution in [1.82, 2.24) is 0 Å². The first-order valence-electron chi connectivity index (χ1n) is 6.34. The molecule has 0 saturated heterocycles. The summed E-state index contributed by atoms with van der Waals surface area (Å²) in [6, 6.07) is 7.42. The quantitative estimate of drug-likeness (QED) is 0.597. The molecule has 0 aliphatic rings. The highest BCUT2D eigenvalue weighted by atomic mass is 16.5. The summed E-state index contributed by atoms with van der Waals surface area (Å²) in [6.45, 7) is 3.41. The number of hydrogen-bond donors (Lipinski definition) is 1. The summed E-state index contributed by atoms with van der Waals surface area (Å²) in [6.07, 6.45) is 2.20. The number of nitrogens with zero attached hydrogens (tertiary/aromatic N) is 1. The van der Waals surface area contributed by atoms with Gasteiger partial charge in [0.2, 0.25) is 5.91 Å². The Morgan fingerprint density at radius 3 is 2.56 bits per heavy atom. The van der Waals surface area contributed by atoms with Crippen molar-refractivity contribution in [2.24, 2.45) is 0 Å². The molecule has 0 aromatic heterocycles. The minimum atomic E-state index is 0.138. The minimum absolute atomic E-state index is 0.138. The molecule has 0 aliphatic carbocycles. The van der Waals surface area contributed by atoms with E-state index in [4.69, 9.17) is 10.5 Å². The highest BCUT2D eigenvalue weighted by Gasteiger charge is 2.14. The lowest BCUT2D eigenvalue weighted by Gasteiger charge is -2.22. The average Bonchev–Trinajstić information content (AvgIpc) is 2.37. The Bertz CT molecular complexity index is 363. The topological polar surface area (TPSA) is 55.6 Å². The van der Waals surface area contributed by atoms with Crippen molar-refractivity contribution in [3.8, 4) is 0 Å². The van der Waals surface area contributed by atoms with E-state index in [2.05, 4.69) is 6.92 Å². The molecule has 0 saturated carbocycles. The fourth-order valence-corrected chi connectivity index (χ4v) is 1.78. The molecule has 2 N–H and O–H groups in total. The predicted molar refractivity (Wildman–Crippen MR) is 74.6 cm³/mol. The molecule has 0 atom stereocenters. The third-order valence-electron chi connectivity index (χ3n) is 2.69. The van der Waals surface area contributed by atoms with Gasteiger partial charge in [-0.3, -0.25) is 4.79 Å². The number of anilines is 2. The predicted octanol–water partition coefficient (Wildman–Crippen LogP) is 2.44. The van der Waals surface area contributed by atoms with Gasteiger partial charge in [-0.25, -0.2) is 0 Å². The van der Waals surface area contributed by atoms with Gasteiger partial charge in [0.05, 0.1) is 0 Å². The number of carbonyl (C=O) groups excluding carboxylic acids is 1. The number of hydrogen-bond acceptors (Lipinski definition) is 3. The van der Waals surface area contributed by atoms with Crippen LogP contribution in [0.3, 0.4) is 0 Å². The van der Waals surface area contributed by atoms with Crippen LogP contribution < -0.4 is 10.6 Å². The van der Waals surface area contributed by atoms with Gasteiger partial charge in [-0.05, 0) is 37.1 Å². The van der Waals surface area contributed by atoms with Crippen molar-refractivity contribution in [2.45, 2.75) is 26.2 Å². The van der Waals surface area contributed by atoms with Gasteiger partial charge in [-0.1, -0.05) is 6.92 Å². The summed E-state index contributed by atoms with van der Waals surface area (Å²) < 4.78 is 4.97. The second-order valence-corrected chi connectivity index (χ2v) is 4.23. The third kappa shape index (κ3) is 4.37. The first kappa shape index (κ1) is 14.5. The molecule has 1 aromatic carbocycles. The lowest BCUT2D eigenvalue weighted by molar-refractivity contribution is -0.118. The second kappa shape index (κ2) is 7.71. The van der Waals surface area contributed by atoms with Gasteiger partial charge >= 0.3 is 0 Å². The zero-order valence-electron chi connectivity index (χ0n) is 11.2. The average molecular weight is 250 g/mol. The Morgan fingerprint density at radius 2 is 2.00 bits per heavy atom. The Labute approximate surface area is 109 Å². The van der Waals surface area contributed by atoms with Gasteiger partial charge in [-0.2, -0.15) is 0 Å². The molecule has 0 unspecified atom stereocenters. The number of rotatable bonds is 7. The SMILES string of the molecule is CCCN(C(=O)CCCOC)c1ccc(N)cc1. The fourth-order valence-electron chi connectivity index (χ4n) is 1.78. The molecule has 1 aromatic rings. The largest absolute Gasteiger partial charge is 0.399 e. The summed E-state index contributed by atoms with van der Waals surface area (Å²) in [5.41, 5.74) is 7.28. The first-order valence-corrected chi connectivity index (χ1v) is 6.34. The summed E-state index contributed by atoms with van der Waals surface area (Å²) in [4.78, 5) is 13.9. The van der Waals surface area contributed by atoms with Crippen molar-refractivity contribution in [1.29, 1.82) is 0 Å². The van der Waals surface area contributed by atoms with E-state index in [0.717, 1.165) is 25.1 Å². The van der Waals surface area contributed by atoms with Crippen LogP contribution in [0.4, 0.5) is 11.4 Å². The number of nitrogens with two attached hydrogens (primary N) is 1. The van der Waals surface area contributed by atoms with E-state index in [-0.39, 0.29) is 5.91 Å². The highest BCUT2D eigenvalue weighted by Crippen LogP contribution is 2.18. The van der Waals surface area contributed by atoms with Crippen LogP contribution in [-0.4, -0.2) is 26.2 Å². The van der Waals surface area contributed by atoms with E-state index in [1.54, 1.807) is 7.11 Å². The van der Waals surface area contributed by atoms with Gasteiger partial charge in [-0.15, -0.1) is 0 Å². The smallest absolute Gasteiger partial charge is 0.227 e. The van der Waals surface area contributed by atoms with Crippen molar-refractivity contribution >= 4 is 17.3 Å². The van der Waals surface area contributed by atoms with E-state index < -0.39 is 0 Å². The molecule has 18 heavy (non-hydrogen) atoms. The lowest BCUT2D eigenvalue weighted by atomic mass is 10.2. The fraction of sp³-hybridized carbons (Fsp3) is 0.500. The number of methoxy groups -OCH3 is 1. The van der Waals surface area contributed by atoms with E-state index in [0.29, 0.717) is 18.7 Å². The van der Waals surface area contributed by atoms with Gasteiger partial charge < -0.3 is 15.4 Å². The number of amides is 1. The van der Waals surface area contributed by atoms with E-state index >= 15 is 0 Å². The van der Waals surface area contributed by atoms with Crippen LogP contribution in [0.15, 0.2) is 24.3 Å². The molecular weight excluding hydrogens is 228 g/mol. The zero-order valence-corrected chi connectivity index (χ0v) is 11.2. The van der Waals surface area contributed by atoms with Crippen LogP contribution in [0.1, 0.15) is 26.2 Å². The van der Waals surface area contributed by atoms with E-state index in [9.17, 15) is 4.79 Å². The van der Waals surface area contributed by atoms with Crippen LogP contribution >= 0.6 is 0 Å². The number of nitrogen functional groups attached to an aromatic ring is 1. The molecule has 1 rings (SSSR count). The summed E-state index contributed by atoms with van der Waals surface area (Å²) in [5, 5.41) is 0. The number of carbonyl (C=O) groups is 1. The third-order valence-corrected chi connectivity index (χ3v) is 2.69. The molecule has 4 heteroatoms. The van der Waals surface area contributed by atoms with Crippen LogP contribution in [0.25, 0.3) is 0 Å². The van der Waals surface area contributed by atoms with Crippen molar-refractivity contribution in [3.05, 3.63) is 24.3 Å². The Morgan fingerprint density at radius 1 is 1.33 bits per heavy atom. The maximum Gasteiger partial charge on any atom is 0.227 e.